The topological polar surface area (TPSA) is 213 Å². The summed E-state index contributed by atoms with van der Waals surface area (Å²) in [5.74, 6) is 3.08. The van der Waals surface area contributed by atoms with E-state index < -0.39 is 24.0 Å². The molecule has 48 heavy (non-hydrogen) atoms. The van der Waals surface area contributed by atoms with Crippen LogP contribution in [0.3, 0.4) is 0 Å². The van der Waals surface area contributed by atoms with Crippen molar-refractivity contribution in [2.45, 2.75) is 115 Å². The molecular formula is C35H51N9O4. The maximum atomic E-state index is 14.1. The molecule has 4 saturated carbocycles. The van der Waals surface area contributed by atoms with Crippen molar-refractivity contribution < 1.29 is 19.2 Å². The smallest absolute Gasteiger partial charge is 0.249 e. The van der Waals surface area contributed by atoms with Gasteiger partial charge in [-0.1, -0.05) is 5.16 Å². The lowest BCUT2D eigenvalue weighted by molar-refractivity contribution is -0.130. The van der Waals surface area contributed by atoms with Crippen LogP contribution in [0.5, 0.6) is 5.75 Å². The Kier molecular flexibility index (Phi) is 10.1. The van der Waals surface area contributed by atoms with E-state index in [1.807, 2.05) is 13.8 Å². The predicted octanol–water partition coefficient (Wildman–Crippen LogP) is 3.07. The number of hydrogen-bond donors (Lipinski definition) is 6. The summed E-state index contributed by atoms with van der Waals surface area (Å²) in [4.78, 5) is 36.5. The summed E-state index contributed by atoms with van der Waals surface area (Å²) < 4.78 is 7.70. The second kappa shape index (κ2) is 14.3. The number of anilines is 1. The SMILES string of the molecule is Cc1cc(O)cc(C)c1C[C@H](NC(=O)[C@H](N)CCCn1ccnc1N)C(=O)N[C@@H](CCCN)c1nc(C23CC4CC(CC(C4)C2)C3)no1. The highest BCUT2D eigenvalue weighted by Gasteiger charge is 2.54. The Bertz CT molecular complexity index is 1540. The van der Waals surface area contributed by atoms with Crippen molar-refractivity contribution in [3.05, 3.63) is 52.9 Å². The van der Waals surface area contributed by atoms with Crippen molar-refractivity contribution in [2.75, 3.05) is 12.3 Å². The van der Waals surface area contributed by atoms with Gasteiger partial charge in [0.1, 0.15) is 17.8 Å². The number of nitrogens with zero attached hydrogens (tertiary/aromatic N) is 4. The van der Waals surface area contributed by atoms with Gasteiger partial charge in [-0.05, 0) is 131 Å². The fraction of sp³-hybridized carbons (Fsp3) is 0.629. The van der Waals surface area contributed by atoms with Crippen molar-refractivity contribution >= 4 is 17.8 Å². The summed E-state index contributed by atoms with van der Waals surface area (Å²) >= 11 is 0. The largest absolute Gasteiger partial charge is 0.508 e. The van der Waals surface area contributed by atoms with Gasteiger partial charge in [0, 0.05) is 30.8 Å². The average molecular weight is 662 g/mol. The van der Waals surface area contributed by atoms with E-state index in [4.69, 9.17) is 26.7 Å². The van der Waals surface area contributed by atoms with Gasteiger partial charge < -0.3 is 42.0 Å². The zero-order valence-electron chi connectivity index (χ0n) is 28.2. The van der Waals surface area contributed by atoms with Gasteiger partial charge in [0.05, 0.1) is 6.04 Å². The van der Waals surface area contributed by atoms with Gasteiger partial charge in [-0.15, -0.1) is 0 Å². The maximum Gasteiger partial charge on any atom is 0.249 e. The van der Waals surface area contributed by atoms with Crippen LogP contribution in [0.1, 0.15) is 98.7 Å². The molecule has 7 rings (SSSR count). The first-order valence-electron chi connectivity index (χ1n) is 17.5. The minimum atomic E-state index is -0.944. The Balaban J connectivity index is 1.18. The molecule has 0 unspecified atom stereocenters. The summed E-state index contributed by atoms with van der Waals surface area (Å²) in [5, 5.41) is 20.7. The van der Waals surface area contributed by atoms with E-state index in [9.17, 15) is 14.7 Å². The molecule has 9 N–H and O–H groups in total. The molecule has 2 aromatic heterocycles. The molecule has 1 aromatic carbocycles. The molecule has 0 aliphatic heterocycles. The van der Waals surface area contributed by atoms with Gasteiger partial charge in [0.2, 0.25) is 17.7 Å². The van der Waals surface area contributed by atoms with Gasteiger partial charge in [-0.25, -0.2) is 4.98 Å². The maximum absolute atomic E-state index is 14.1. The highest BCUT2D eigenvalue weighted by atomic mass is 16.5. The number of benzene rings is 1. The van der Waals surface area contributed by atoms with Crippen LogP contribution in [0.4, 0.5) is 5.95 Å². The lowest BCUT2D eigenvalue weighted by Gasteiger charge is -2.55. The van der Waals surface area contributed by atoms with E-state index in [-0.39, 0.29) is 23.5 Å². The number of nitrogen functional groups attached to an aromatic ring is 1. The Hall–Kier alpha value is -3.97. The van der Waals surface area contributed by atoms with Crippen LogP contribution in [0, 0.1) is 31.6 Å². The number of amides is 2. The van der Waals surface area contributed by atoms with Gasteiger partial charge >= 0.3 is 0 Å². The molecule has 2 heterocycles. The number of imidazole rings is 1. The summed E-state index contributed by atoms with van der Waals surface area (Å²) in [6.45, 7) is 4.76. The van der Waals surface area contributed by atoms with E-state index in [0.717, 1.165) is 59.5 Å². The van der Waals surface area contributed by atoms with E-state index in [1.54, 1.807) is 29.1 Å². The van der Waals surface area contributed by atoms with Crippen LogP contribution in [-0.2, 0) is 28.0 Å². The molecule has 4 aliphatic rings. The number of aromatic nitrogens is 4. The molecule has 0 radical (unpaired) electrons. The quantitative estimate of drug-likeness (QED) is 0.140. The Morgan fingerprint density at radius 2 is 1.71 bits per heavy atom. The Morgan fingerprint density at radius 3 is 2.31 bits per heavy atom. The van der Waals surface area contributed by atoms with E-state index in [0.29, 0.717) is 50.6 Å². The van der Waals surface area contributed by atoms with Gasteiger partial charge in [0.25, 0.3) is 0 Å². The van der Waals surface area contributed by atoms with Crippen LogP contribution >= 0.6 is 0 Å². The number of aryl methyl sites for hydroxylation is 3. The van der Waals surface area contributed by atoms with Gasteiger partial charge in [0.15, 0.2) is 11.8 Å². The summed E-state index contributed by atoms with van der Waals surface area (Å²) in [6, 6.07) is 0.967. The first-order valence-corrected chi connectivity index (χ1v) is 17.5. The molecule has 3 aromatic rings. The molecule has 0 spiro atoms. The van der Waals surface area contributed by atoms with Crippen LogP contribution in [0.25, 0.3) is 0 Å². The van der Waals surface area contributed by atoms with E-state index in [1.165, 1.54) is 19.3 Å². The van der Waals surface area contributed by atoms with E-state index in [2.05, 4.69) is 20.8 Å². The molecule has 4 bridgehead atoms. The van der Waals surface area contributed by atoms with Crippen molar-refractivity contribution in [3.8, 4) is 5.75 Å². The zero-order valence-corrected chi connectivity index (χ0v) is 28.2. The molecule has 13 nitrogen and oxygen atoms in total. The molecular weight excluding hydrogens is 610 g/mol. The van der Waals surface area contributed by atoms with Crippen molar-refractivity contribution in [2.24, 2.45) is 29.2 Å². The Labute approximate surface area is 281 Å². The van der Waals surface area contributed by atoms with E-state index >= 15 is 0 Å². The van der Waals surface area contributed by atoms with Crippen LogP contribution < -0.4 is 27.8 Å². The molecule has 260 valence electrons. The fourth-order valence-corrected chi connectivity index (χ4v) is 8.96. The molecule has 4 aliphatic carbocycles. The monoisotopic (exact) mass is 661 g/mol. The van der Waals surface area contributed by atoms with Crippen molar-refractivity contribution in [3.63, 3.8) is 0 Å². The summed E-state index contributed by atoms with van der Waals surface area (Å²) in [6.07, 6.45) is 13.0. The number of rotatable bonds is 15. The molecule has 2 amide bonds. The number of carbonyl (C=O) groups is 2. The second-order valence-electron chi connectivity index (χ2n) is 14.7. The normalized spacial score (nSPS) is 24.7. The average Bonchev–Trinajstić information content (AvgIpc) is 3.69. The molecule has 13 heteroatoms. The zero-order chi connectivity index (χ0) is 34.0. The van der Waals surface area contributed by atoms with Crippen molar-refractivity contribution in [1.82, 2.24) is 30.3 Å². The summed E-state index contributed by atoms with van der Waals surface area (Å²) in [5.41, 5.74) is 20.5. The third kappa shape index (κ3) is 7.36. The lowest BCUT2D eigenvalue weighted by atomic mass is 9.49. The molecule has 0 saturated heterocycles. The third-order valence-corrected chi connectivity index (χ3v) is 11.0. The summed E-state index contributed by atoms with van der Waals surface area (Å²) in [7, 11) is 0. The number of phenolic OH excluding ortho intramolecular Hbond substituents is 1. The second-order valence-corrected chi connectivity index (χ2v) is 14.7. The minimum absolute atomic E-state index is 0.0386. The van der Waals surface area contributed by atoms with Crippen molar-refractivity contribution in [1.29, 1.82) is 0 Å². The first kappa shape index (κ1) is 33.9. The highest BCUT2D eigenvalue weighted by Crippen LogP contribution is 2.60. The Morgan fingerprint density at radius 1 is 1.04 bits per heavy atom. The van der Waals surface area contributed by atoms with Crippen LogP contribution in [-0.4, -0.2) is 55.2 Å². The van der Waals surface area contributed by atoms with Crippen LogP contribution in [0.2, 0.25) is 0 Å². The minimum Gasteiger partial charge on any atom is -0.508 e. The number of aromatic hydroxyl groups is 1. The van der Waals surface area contributed by atoms with Crippen LogP contribution in [0.15, 0.2) is 29.0 Å². The fourth-order valence-electron chi connectivity index (χ4n) is 8.96. The number of nitrogens with one attached hydrogen (secondary N) is 2. The number of carbonyl (C=O) groups excluding carboxylic acids is 2. The van der Waals surface area contributed by atoms with Gasteiger partial charge in [-0.3, -0.25) is 9.59 Å². The first-order chi connectivity index (χ1) is 23.0. The predicted molar refractivity (Wildman–Crippen MR) is 180 cm³/mol. The molecule has 4 fully saturated rings. The number of hydrogen-bond acceptors (Lipinski definition) is 10. The lowest BCUT2D eigenvalue weighted by Crippen LogP contribution is -2.53. The molecule has 3 atom stereocenters. The number of nitrogens with two attached hydrogens (primary N) is 3. The van der Waals surface area contributed by atoms with Gasteiger partial charge in [-0.2, -0.15) is 4.98 Å². The highest BCUT2D eigenvalue weighted by molar-refractivity contribution is 5.90. The third-order valence-electron chi connectivity index (χ3n) is 11.0. The number of phenols is 1. The standard InChI is InChI=1S/C35H51N9O4/c1-20-11-25(45)12-21(2)26(20)16-29(41-30(46)27(37)5-4-9-44-10-8-39-34(44)38)31(47)40-28(6-3-7-36)32-42-33(43-48-32)35-17-22-13-23(18-35)15-24(14-22)19-35/h8,10-12,22-24,27-29,45H,3-7,9,13-19,36-37H2,1-2H3,(H2,38,39)(H,40,47)(H,41,46)/t22?,23?,24?,27-,28+,29+,35?/m1/s1.